The number of alkyl halides is 3. The van der Waals surface area contributed by atoms with E-state index in [0.717, 1.165) is 25.5 Å². The van der Waals surface area contributed by atoms with Gasteiger partial charge in [0.25, 0.3) is 0 Å². The summed E-state index contributed by atoms with van der Waals surface area (Å²) >= 11 is 0. The van der Waals surface area contributed by atoms with E-state index in [9.17, 15) is 18.0 Å². The molecule has 1 fully saturated rings. The third kappa shape index (κ3) is 5.51. The molecule has 2 rings (SSSR count). The van der Waals surface area contributed by atoms with Crippen LogP contribution in [-0.4, -0.2) is 29.4 Å². The number of likely N-dealkylation sites (tertiary alicyclic amines) is 1. The van der Waals surface area contributed by atoms with Gasteiger partial charge in [0, 0.05) is 18.6 Å². The molecule has 0 aliphatic carbocycles. The van der Waals surface area contributed by atoms with E-state index in [1.165, 1.54) is 12.1 Å². The average Bonchev–Trinajstić information content (AvgIpc) is 2.45. The summed E-state index contributed by atoms with van der Waals surface area (Å²) in [4.78, 5) is 14.4. The maximum atomic E-state index is 12.8. The molecule has 1 aromatic carbocycles. The first-order valence-corrected chi connectivity index (χ1v) is 8.25. The van der Waals surface area contributed by atoms with Crippen LogP contribution in [0, 0.1) is 5.92 Å². The summed E-state index contributed by atoms with van der Waals surface area (Å²) < 4.78 is 38.4. The van der Waals surface area contributed by atoms with Crippen molar-refractivity contribution in [1.29, 1.82) is 0 Å². The lowest BCUT2D eigenvalue weighted by Gasteiger charge is -2.33. The molecular weight excluding hydrogens is 317 g/mol. The zero-order valence-corrected chi connectivity index (χ0v) is 14.4. The molecule has 1 amide bonds. The Kier molecular flexibility index (Phi) is 5.58. The quantitative estimate of drug-likeness (QED) is 0.905. The fraction of sp³-hybridized carbons (Fsp3) is 0.611. The number of carbonyl (C=O) groups is 1. The van der Waals surface area contributed by atoms with Crippen molar-refractivity contribution in [3.63, 3.8) is 0 Å². The van der Waals surface area contributed by atoms with E-state index in [2.05, 4.69) is 10.2 Å². The highest BCUT2D eigenvalue weighted by atomic mass is 19.4. The molecule has 1 aliphatic heterocycles. The van der Waals surface area contributed by atoms with E-state index in [4.69, 9.17) is 0 Å². The number of rotatable bonds is 3. The highest BCUT2D eigenvalue weighted by Gasteiger charge is 2.31. The monoisotopic (exact) mass is 342 g/mol. The van der Waals surface area contributed by atoms with Crippen molar-refractivity contribution < 1.29 is 18.0 Å². The predicted molar refractivity (Wildman–Crippen MR) is 87.3 cm³/mol. The second-order valence-corrected chi connectivity index (χ2v) is 7.51. The molecule has 0 aromatic heterocycles. The SMILES string of the molecule is CC(C)(C)NC(=O)C1CCCN(Cc2cccc(C(F)(F)F)c2)C1. The fourth-order valence-corrected chi connectivity index (χ4v) is 2.99. The lowest BCUT2D eigenvalue weighted by molar-refractivity contribution is -0.137. The molecule has 6 heteroatoms. The van der Waals surface area contributed by atoms with Crippen LogP contribution in [0.2, 0.25) is 0 Å². The third-order valence-electron chi connectivity index (χ3n) is 4.03. The van der Waals surface area contributed by atoms with Gasteiger partial charge < -0.3 is 5.32 Å². The van der Waals surface area contributed by atoms with Crippen LogP contribution in [0.15, 0.2) is 24.3 Å². The standard InChI is InChI=1S/C18H25F3N2O/c1-17(2,3)22-16(24)14-7-5-9-23(12-14)11-13-6-4-8-15(10-13)18(19,20)21/h4,6,8,10,14H,5,7,9,11-12H2,1-3H3,(H,22,24). The van der Waals surface area contributed by atoms with E-state index in [-0.39, 0.29) is 17.4 Å². The van der Waals surface area contributed by atoms with Crippen LogP contribution in [0.1, 0.15) is 44.7 Å². The molecule has 1 aliphatic rings. The van der Waals surface area contributed by atoms with Gasteiger partial charge >= 0.3 is 6.18 Å². The summed E-state index contributed by atoms with van der Waals surface area (Å²) in [5.41, 5.74) is -0.277. The molecule has 0 spiro atoms. The lowest BCUT2D eigenvalue weighted by Crippen LogP contribution is -2.48. The van der Waals surface area contributed by atoms with Gasteiger partial charge in [-0.05, 0) is 51.8 Å². The maximum absolute atomic E-state index is 12.8. The first-order chi connectivity index (χ1) is 11.0. The smallest absolute Gasteiger partial charge is 0.351 e. The van der Waals surface area contributed by atoms with Crippen LogP contribution in [0.25, 0.3) is 0 Å². The van der Waals surface area contributed by atoms with E-state index >= 15 is 0 Å². The largest absolute Gasteiger partial charge is 0.416 e. The van der Waals surface area contributed by atoms with Gasteiger partial charge in [0.15, 0.2) is 0 Å². The Balaban J connectivity index is 1.99. The first kappa shape index (κ1) is 18.8. The Labute approximate surface area is 141 Å². The summed E-state index contributed by atoms with van der Waals surface area (Å²) in [5.74, 6) is -0.0833. The molecule has 134 valence electrons. The Hall–Kier alpha value is -1.56. The second kappa shape index (κ2) is 7.13. The number of nitrogens with zero attached hydrogens (tertiary/aromatic N) is 1. The van der Waals surface area contributed by atoms with Gasteiger partial charge in [0.2, 0.25) is 5.91 Å². The molecule has 0 saturated carbocycles. The number of carbonyl (C=O) groups excluding carboxylic acids is 1. The van der Waals surface area contributed by atoms with Crippen LogP contribution >= 0.6 is 0 Å². The molecule has 1 atom stereocenters. The topological polar surface area (TPSA) is 32.3 Å². The highest BCUT2D eigenvalue weighted by molar-refractivity contribution is 5.79. The van der Waals surface area contributed by atoms with Gasteiger partial charge in [-0.1, -0.05) is 18.2 Å². The van der Waals surface area contributed by atoms with Crippen molar-refractivity contribution in [3.8, 4) is 0 Å². The minimum atomic E-state index is -4.33. The number of hydrogen-bond donors (Lipinski definition) is 1. The molecule has 3 nitrogen and oxygen atoms in total. The number of piperidine rings is 1. The molecular formula is C18H25F3N2O. The van der Waals surface area contributed by atoms with Gasteiger partial charge in [-0.25, -0.2) is 0 Å². The summed E-state index contributed by atoms with van der Waals surface area (Å²) in [6, 6.07) is 5.41. The van der Waals surface area contributed by atoms with E-state index in [1.54, 1.807) is 6.07 Å². The molecule has 0 bridgehead atoms. The Morgan fingerprint density at radius 3 is 2.62 bits per heavy atom. The zero-order valence-electron chi connectivity index (χ0n) is 14.4. The molecule has 1 heterocycles. The summed E-state index contributed by atoms with van der Waals surface area (Å²) in [7, 11) is 0. The van der Waals surface area contributed by atoms with E-state index in [1.807, 2.05) is 20.8 Å². The van der Waals surface area contributed by atoms with E-state index < -0.39 is 11.7 Å². The van der Waals surface area contributed by atoms with Crippen molar-refractivity contribution in [2.45, 2.75) is 51.9 Å². The van der Waals surface area contributed by atoms with Gasteiger partial charge in [0.1, 0.15) is 0 Å². The summed E-state index contributed by atoms with van der Waals surface area (Å²) in [6.45, 7) is 7.63. The maximum Gasteiger partial charge on any atom is 0.416 e. The summed E-state index contributed by atoms with van der Waals surface area (Å²) in [6.07, 6.45) is -2.63. The third-order valence-corrected chi connectivity index (χ3v) is 4.03. The van der Waals surface area contributed by atoms with Crippen LogP contribution in [0.4, 0.5) is 13.2 Å². The molecule has 24 heavy (non-hydrogen) atoms. The van der Waals surface area contributed by atoms with Gasteiger partial charge in [-0.2, -0.15) is 13.2 Å². The van der Waals surface area contributed by atoms with Gasteiger partial charge in [0.05, 0.1) is 11.5 Å². The lowest BCUT2D eigenvalue weighted by atomic mass is 9.95. The van der Waals surface area contributed by atoms with Crippen LogP contribution in [-0.2, 0) is 17.5 Å². The predicted octanol–water partition coefficient (Wildman–Crippen LogP) is 3.83. The van der Waals surface area contributed by atoms with Gasteiger partial charge in [-0.15, -0.1) is 0 Å². The van der Waals surface area contributed by atoms with Gasteiger partial charge in [-0.3, -0.25) is 9.69 Å². The van der Waals surface area contributed by atoms with Crippen LogP contribution < -0.4 is 5.32 Å². The van der Waals surface area contributed by atoms with Crippen molar-refractivity contribution in [1.82, 2.24) is 10.2 Å². The van der Waals surface area contributed by atoms with Crippen molar-refractivity contribution in [3.05, 3.63) is 35.4 Å². The van der Waals surface area contributed by atoms with Crippen LogP contribution in [0.5, 0.6) is 0 Å². The molecule has 0 radical (unpaired) electrons. The Morgan fingerprint density at radius 2 is 2.00 bits per heavy atom. The minimum Gasteiger partial charge on any atom is -0.351 e. The van der Waals surface area contributed by atoms with Crippen molar-refractivity contribution in [2.24, 2.45) is 5.92 Å². The summed E-state index contributed by atoms with van der Waals surface area (Å²) in [5, 5.41) is 2.99. The number of amides is 1. The normalized spacial score (nSPS) is 20.0. The zero-order chi connectivity index (χ0) is 18.0. The fourth-order valence-electron chi connectivity index (χ4n) is 2.99. The molecule has 1 N–H and O–H groups in total. The molecule has 1 unspecified atom stereocenters. The second-order valence-electron chi connectivity index (χ2n) is 7.51. The number of benzene rings is 1. The molecule has 1 saturated heterocycles. The minimum absolute atomic E-state index is 0.0243. The molecule has 1 aromatic rings. The number of hydrogen-bond acceptors (Lipinski definition) is 2. The van der Waals surface area contributed by atoms with Crippen molar-refractivity contribution >= 4 is 5.91 Å². The Bertz CT molecular complexity index is 578. The van der Waals surface area contributed by atoms with E-state index in [0.29, 0.717) is 18.7 Å². The Morgan fingerprint density at radius 1 is 1.29 bits per heavy atom. The first-order valence-electron chi connectivity index (χ1n) is 8.25. The van der Waals surface area contributed by atoms with Crippen molar-refractivity contribution in [2.75, 3.05) is 13.1 Å². The van der Waals surface area contributed by atoms with Crippen LogP contribution in [0.3, 0.4) is 0 Å². The number of halogens is 3. The highest BCUT2D eigenvalue weighted by Crippen LogP contribution is 2.30. The number of nitrogens with one attached hydrogen (secondary N) is 1. The average molecular weight is 342 g/mol.